The van der Waals surface area contributed by atoms with Gasteiger partial charge in [0.25, 0.3) is 5.91 Å². The summed E-state index contributed by atoms with van der Waals surface area (Å²) < 4.78 is 1.84. The Morgan fingerprint density at radius 3 is 2.95 bits per heavy atom. The second-order valence-electron chi connectivity index (χ2n) is 5.58. The van der Waals surface area contributed by atoms with Gasteiger partial charge in [-0.2, -0.15) is 0 Å². The number of piperidine rings is 1. The van der Waals surface area contributed by atoms with Crippen LogP contribution in [0.25, 0.3) is 0 Å². The zero-order chi connectivity index (χ0) is 14.4. The summed E-state index contributed by atoms with van der Waals surface area (Å²) in [5.41, 5.74) is 5.94. The molecule has 2 rings (SSSR count). The molecular weight excluding hydrogens is 254 g/mol. The Kier molecular flexibility index (Phi) is 5.55. The van der Waals surface area contributed by atoms with E-state index in [1.165, 1.54) is 25.9 Å². The number of hydrogen-bond donors (Lipinski definition) is 2. The normalized spacial score (nSPS) is 17.3. The van der Waals surface area contributed by atoms with Crippen molar-refractivity contribution in [3.63, 3.8) is 0 Å². The highest BCUT2D eigenvalue weighted by molar-refractivity contribution is 5.91. The van der Waals surface area contributed by atoms with Gasteiger partial charge in [0.1, 0.15) is 5.69 Å². The monoisotopic (exact) mass is 279 g/mol. The van der Waals surface area contributed by atoms with Crippen molar-refractivity contribution in [3.05, 3.63) is 18.2 Å². The van der Waals surface area contributed by atoms with E-state index in [9.17, 15) is 4.79 Å². The molecule has 1 saturated heterocycles. The minimum Gasteiger partial charge on any atom is -0.351 e. The molecule has 112 valence electrons. The molecule has 0 aromatic carbocycles. The van der Waals surface area contributed by atoms with Gasteiger partial charge in [-0.15, -0.1) is 0 Å². The highest BCUT2D eigenvalue weighted by Gasteiger charge is 2.16. The molecule has 1 aliphatic rings. The summed E-state index contributed by atoms with van der Waals surface area (Å²) in [6.07, 6.45) is 6.93. The number of rotatable bonds is 6. The largest absolute Gasteiger partial charge is 0.351 e. The molecule has 6 nitrogen and oxygen atoms in total. The van der Waals surface area contributed by atoms with Crippen molar-refractivity contribution in [1.82, 2.24) is 19.8 Å². The number of imidazole rings is 1. The van der Waals surface area contributed by atoms with Crippen LogP contribution in [0.5, 0.6) is 0 Å². The number of nitrogens with one attached hydrogen (secondary N) is 1. The van der Waals surface area contributed by atoms with Gasteiger partial charge in [0.2, 0.25) is 0 Å². The summed E-state index contributed by atoms with van der Waals surface area (Å²) in [5.74, 6) is 0.648. The third kappa shape index (κ3) is 4.31. The molecule has 0 aliphatic carbocycles. The van der Waals surface area contributed by atoms with Gasteiger partial charge in [-0.1, -0.05) is 0 Å². The molecule has 1 fully saturated rings. The lowest BCUT2D eigenvalue weighted by Crippen LogP contribution is -2.32. The van der Waals surface area contributed by atoms with Gasteiger partial charge in [-0.05, 0) is 45.3 Å². The van der Waals surface area contributed by atoms with Crippen molar-refractivity contribution >= 4 is 5.91 Å². The van der Waals surface area contributed by atoms with E-state index in [2.05, 4.69) is 22.2 Å². The van der Waals surface area contributed by atoms with Crippen molar-refractivity contribution in [1.29, 1.82) is 0 Å². The first-order chi connectivity index (χ1) is 9.69. The Bertz CT molecular complexity index is 423. The Hall–Kier alpha value is -1.40. The van der Waals surface area contributed by atoms with Crippen LogP contribution in [0.15, 0.2) is 12.5 Å². The molecule has 0 bridgehead atoms. The average molecular weight is 279 g/mol. The summed E-state index contributed by atoms with van der Waals surface area (Å²) in [6, 6.07) is 0. The predicted molar refractivity (Wildman–Crippen MR) is 78.5 cm³/mol. The van der Waals surface area contributed by atoms with Crippen molar-refractivity contribution < 1.29 is 4.79 Å². The van der Waals surface area contributed by atoms with Crippen molar-refractivity contribution in [2.24, 2.45) is 11.7 Å². The number of hydrogen-bond acceptors (Lipinski definition) is 4. The van der Waals surface area contributed by atoms with Crippen molar-refractivity contribution in [2.75, 3.05) is 33.2 Å². The van der Waals surface area contributed by atoms with E-state index in [0.717, 1.165) is 18.9 Å². The SMILES string of the molecule is CN1CCC(CCNC(=O)c2cn(CCN)cn2)CC1. The van der Waals surface area contributed by atoms with Crippen LogP contribution >= 0.6 is 0 Å². The molecule has 1 amide bonds. The summed E-state index contributed by atoms with van der Waals surface area (Å²) in [6.45, 7) is 4.31. The van der Waals surface area contributed by atoms with Gasteiger partial charge in [0, 0.05) is 25.8 Å². The van der Waals surface area contributed by atoms with E-state index in [-0.39, 0.29) is 5.91 Å². The second-order valence-corrected chi connectivity index (χ2v) is 5.58. The minimum atomic E-state index is -0.0892. The third-order valence-corrected chi connectivity index (χ3v) is 3.93. The van der Waals surface area contributed by atoms with Crippen molar-refractivity contribution in [3.8, 4) is 0 Å². The Morgan fingerprint density at radius 1 is 1.50 bits per heavy atom. The molecule has 20 heavy (non-hydrogen) atoms. The number of carbonyl (C=O) groups is 1. The molecule has 2 heterocycles. The molecule has 1 aliphatic heterocycles. The number of aromatic nitrogens is 2. The molecule has 0 saturated carbocycles. The van der Waals surface area contributed by atoms with Crippen LogP contribution in [0.2, 0.25) is 0 Å². The van der Waals surface area contributed by atoms with Crippen LogP contribution in [-0.2, 0) is 6.54 Å². The lowest BCUT2D eigenvalue weighted by Gasteiger charge is -2.28. The molecule has 1 aromatic heterocycles. The Morgan fingerprint density at radius 2 is 2.25 bits per heavy atom. The van der Waals surface area contributed by atoms with Crippen LogP contribution in [0.3, 0.4) is 0 Å². The first-order valence-electron chi connectivity index (χ1n) is 7.37. The van der Waals surface area contributed by atoms with Gasteiger partial charge in [-0.25, -0.2) is 4.98 Å². The summed E-state index contributed by atoms with van der Waals surface area (Å²) in [7, 11) is 2.16. The lowest BCUT2D eigenvalue weighted by molar-refractivity contribution is 0.0944. The van der Waals surface area contributed by atoms with Crippen LogP contribution < -0.4 is 11.1 Å². The number of amides is 1. The van der Waals surface area contributed by atoms with E-state index in [0.29, 0.717) is 18.8 Å². The van der Waals surface area contributed by atoms with Gasteiger partial charge < -0.3 is 20.5 Å². The van der Waals surface area contributed by atoms with Crippen LogP contribution in [0, 0.1) is 5.92 Å². The molecule has 3 N–H and O–H groups in total. The lowest BCUT2D eigenvalue weighted by atomic mass is 9.94. The highest BCUT2D eigenvalue weighted by atomic mass is 16.1. The van der Waals surface area contributed by atoms with E-state index < -0.39 is 0 Å². The van der Waals surface area contributed by atoms with Gasteiger partial charge in [0.05, 0.1) is 6.33 Å². The number of nitrogens with two attached hydrogens (primary N) is 1. The van der Waals surface area contributed by atoms with Crippen LogP contribution in [0.4, 0.5) is 0 Å². The Balaban J connectivity index is 1.69. The number of carbonyl (C=O) groups excluding carboxylic acids is 1. The van der Waals surface area contributed by atoms with Crippen LogP contribution in [0.1, 0.15) is 29.8 Å². The van der Waals surface area contributed by atoms with Crippen molar-refractivity contribution in [2.45, 2.75) is 25.8 Å². The topological polar surface area (TPSA) is 76.2 Å². The van der Waals surface area contributed by atoms with E-state index in [1.807, 2.05) is 4.57 Å². The van der Waals surface area contributed by atoms with Gasteiger partial charge in [-0.3, -0.25) is 4.79 Å². The first-order valence-corrected chi connectivity index (χ1v) is 7.37. The zero-order valence-electron chi connectivity index (χ0n) is 12.2. The molecule has 1 aromatic rings. The fourth-order valence-electron chi connectivity index (χ4n) is 2.58. The molecular formula is C14H25N5O. The fraction of sp³-hybridized carbons (Fsp3) is 0.714. The number of nitrogens with zero attached hydrogens (tertiary/aromatic N) is 3. The smallest absolute Gasteiger partial charge is 0.271 e. The fourth-order valence-corrected chi connectivity index (χ4v) is 2.58. The molecule has 0 radical (unpaired) electrons. The molecule has 0 atom stereocenters. The minimum absolute atomic E-state index is 0.0892. The standard InChI is InChI=1S/C14H25N5O/c1-18-7-3-12(4-8-18)2-6-16-14(20)13-10-19(9-5-15)11-17-13/h10-12H,2-9,15H2,1H3,(H,16,20). The predicted octanol–water partition coefficient (Wildman–Crippen LogP) is 0.304. The van der Waals surface area contributed by atoms with E-state index >= 15 is 0 Å². The number of likely N-dealkylation sites (tertiary alicyclic amines) is 1. The summed E-state index contributed by atoms with van der Waals surface area (Å²) in [5, 5.41) is 2.95. The van der Waals surface area contributed by atoms with E-state index in [1.54, 1.807) is 12.5 Å². The second kappa shape index (κ2) is 7.40. The maximum atomic E-state index is 11.9. The molecule has 0 unspecified atom stereocenters. The average Bonchev–Trinajstić information content (AvgIpc) is 2.90. The molecule has 6 heteroatoms. The maximum Gasteiger partial charge on any atom is 0.271 e. The summed E-state index contributed by atoms with van der Waals surface area (Å²) >= 11 is 0. The summed E-state index contributed by atoms with van der Waals surface area (Å²) in [4.78, 5) is 18.4. The van der Waals surface area contributed by atoms with Crippen LogP contribution in [-0.4, -0.2) is 53.6 Å². The third-order valence-electron chi connectivity index (χ3n) is 3.93. The van der Waals surface area contributed by atoms with E-state index in [4.69, 9.17) is 5.73 Å². The van der Waals surface area contributed by atoms with Gasteiger partial charge in [0.15, 0.2) is 0 Å². The zero-order valence-corrected chi connectivity index (χ0v) is 12.2. The highest BCUT2D eigenvalue weighted by Crippen LogP contribution is 2.18. The maximum absolute atomic E-state index is 11.9. The Labute approximate surface area is 120 Å². The van der Waals surface area contributed by atoms with Gasteiger partial charge >= 0.3 is 0 Å². The molecule has 0 spiro atoms. The first kappa shape index (κ1) is 15.0. The quantitative estimate of drug-likeness (QED) is 0.785.